The van der Waals surface area contributed by atoms with Crippen molar-refractivity contribution in [2.75, 3.05) is 25.1 Å². The first-order chi connectivity index (χ1) is 18.3. The molecule has 4 rings (SSSR count). The van der Waals surface area contributed by atoms with Crippen LogP contribution in [-0.2, 0) is 15.7 Å². The molecule has 1 N–H and O–H groups in total. The van der Waals surface area contributed by atoms with E-state index in [9.17, 15) is 18.0 Å². The second-order valence-corrected chi connectivity index (χ2v) is 8.03. The van der Waals surface area contributed by atoms with Crippen molar-refractivity contribution < 1.29 is 27.4 Å². The molecule has 0 bridgehead atoms. The fourth-order valence-electron chi connectivity index (χ4n) is 3.50. The molecule has 10 heteroatoms. The average Bonchev–Trinajstić information content (AvgIpc) is 3.35. The van der Waals surface area contributed by atoms with Crippen LogP contribution in [0.2, 0.25) is 0 Å². The Bertz CT molecular complexity index is 1380. The summed E-state index contributed by atoms with van der Waals surface area (Å²) in [5, 5.41) is 7.12. The quantitative estimate of drug-likeness (QED) is 0.204. The lowest BCUT2D eigenvalue weighted by Gasteiger charge is -2.10. The topological polar surface area (TPSA) is 78.3 Å². The summed E-state index contributed by atoms with van der Waals surface area (Å²) >= 11 is 0. The minimum absolute atomic E-state index is 0.000503. The summed E-state index contributed by atoms with van der Waals surface area (Å²) < 4.78 is 52.2. The molecule has 1 heterocycles. The molecule has 0 aliphatic carbocycles. The number of halogens is 3. The molecule has 1 amide bonds. The number of amides is 1. The van der Waals surface area contributed by atoms with Gasteiger partial charge in [0.15, 0.2) is 5.82 Å². The SMILES string of the molecule is CCOCCOc1nc(-c2cccc(C(F)(F)F)c2)n(-c2ccc(NC(=O)C=Cc3ccccc3)cc2)n1. The zero-order chi connectivity index (χ0) is 27.0. The molecule has 4 aromatic rings. The highest BCUT2D eigenvalue weighted by Crippen LogP contribution is 2.33. The van der Waals surface area contributed by atoms with Gasteiger partial charge in [0.2, 0.25) is 5.91 Å². The molecule has 7 nitrogen and oxygen atoms in total. The first-order valence-electron chi connectivity index (χ1n) is 11.8. The fraction of sp³-hybridized carbons (Fsp3) is 0.179. The summed E-state index contributed by atoms with van der Waals surface area (Å²) in [4.78, 5) is 16.6. The third-order valence-electron chi connectivity index (χ3n) is 5.30. The number of alkyl halides is 3. The summed E-state index contributed by atoms with van der Waals surface area (Å²) in [6.07, 6.45) is -1.38. The highest BCUT2D eigenvalue weighted by Gasteiger charge is 2.31. The van der Waals surface area contributed by atoms with Gasteiger partial charge in [-0.2, -0.15) is 18.2 Å². The van der Waals surface area contributed by atoms with Gasteiger partial charge in [-0.05, 0) is 55.0 Å². The number of nitrogens with one attached hydrogen (secondary N) is 1. The van der Waals surface area contributed by atoms with Crippen LogP contribution in [0, 0.1) is 0 Å². The van der Waals surface area contributed by atoms with E-state index in [1.807, 2.05) is 37.3 Å². The molecule has 196 valence electrons. The molecule has 0 unspecified atom stereocenters. The summed E-state index contributed by atoms with van der Waals surface area (Å²) in [7, 11) is 0. The van der Waals surface area contributed by atoms with Crippen LogP contribution in [0.15, 0.2) is 84.9 Å². The molecule has 0 aliphatic rings. The number of hydrogen-bond acceptors (Lipinski definition) is 5. The molecule has 38 heavy (non-hydrogen) atoms. The summed E-state index contributed by atoms with van der Waals surface area (Å²) in [6.45, 7) is 2.87. The Morgan fingerprint density at radius 3 is 2.47 bits per heavy atom. The van der Waals surface area contributed by atoms with Crippen molar-refractivity contribution in [2.24, 2.45) is 0 Å². The maximum absolute atomic E-state index is 13.3. The van der Waals surface area contributed by atoms with Crippen LogP contribution in [0.1, 0.15) is 18.1 Å². The molecule has 3 aromatic carbocycles. The van der Waals surface area contributed by atoms with Gasteiger partial charge >= 0.3 is 12.2 Å². The third-order valence-corrected chi connectivity index (χ3v) is 5.30. The Morgan fingerprint density at radius 1 is 1.00 bits per heavy atom. The smallest absolute Gasteiger partial charge is 0.416 e. The van der Waals surface area contributed by atoms with Crippen LogP contribution in [-0.4, -0.2) is 40.5 Å². The van der Waals surface area contributed by atoms with Crippen LogP contribution in [0.5, 0.6) is 6.01 Å². The predicted molar refractivity (Wildman–Crippen MR) is 138 cm³/mol. The van der Waals surface area contributed by atoms with Gasteiger partial charge in [0, 0.05) is 23.9 Å². The van der Waals surface area contributed by atoms with Crippen molar-refractivity contribution in [3.05, 3.63) is 96.1 Å². The summed E-state index contributed by atoms with van der Waals surface area (Å²) in [6, 6.07) is 20.9. The maximum atomic E-state index is 13.3. The molecule has 0 saturated heterocycles. The number of carbonyl (C=O) groups is 1. The number of nitrogens with zero attached hydrogens (tertiary/aromatic N) is 3. The van der Waals surface area contributed by atoms with Crippen molar-refractivity contribution in [1.29, 1.82) is 0 Å². The molecular weight excluding hydrogens is 497 g/mol. The van der Waals surface area contributed by atoms with Crippen LogP contribution in [0.25, 0.3) is 23.2 Å². The van der Waals surface area contributed by atoms with E-state index in [0.29, 0.717) is 24.6 Å². The number of ether oxygens (including phenoxy) is 2. The molecule has 1 aromatic heterocycles. The Balaban J connectivity index is 1.57. The maximum Gasteiger partial charge on any atom is 0.416 e. The van der Waals surface area contributed by atoms with Crippen molar-refractivity contribution in [2.45, 2.75) is 13.1 Å². The van der Waals surface area contributed by atoms with Crippen LogP contribution in [0.4, 0.5) is 18.9 Å². The number of hydrogen-bond donors (Lipinski definition) is 1. The van der Waals surface area contributed by atoms with Gasteiger partial charge in [-0.25, -0.2) is 4.68 Å². The lowest BCUT2D eigenvalue weighted by atomic mass is 10.1. The molecule has 0 spiro atoms. The first-order valence-corrected chi connectivity index (χ1v) is 11.8. The summed E-state index contributed by atoms with van der Waals surface area (Å²) in [5.74, 6) is -0.137. The minimum Gasteiger partial charge on any atom is -0.460 e. The predicted octanol–water partition coefficient (Wildman–Crippen LogP) is 6.02. The molecular formula is C28H25F3N4O3. The average molecular weight is 523 g/mol. The van der Waals surface area contributed by atoms with E-state index in [0.717, 1.165) is 17.7 Å². The van der Waals surface area contributed by atoms with E-state index in [1.165, 1.54) is 22.9 Å². The number of rotatable bonds is 10. The minimum atomic E-state index is -4.51. The normalized spacial score (nSPS) is 11.6. The summed E-state index contributed by atoms with van der Waals surface area (Å²) in [5.41, 5.74) is 1.36. The first kappa shape index (κ1) is 26.6. The van der Waals surface area contributed by atoms with E-state index >= 15 is 0 Å². The molecule has 0 aliphatic heterocycles. The van der Waals surface area contributed by atoms with Gasteiger partial charge < -0.3 is 14.8 Å². The number of aromatic nitrogens is 3. The van der Waals surface area contributed by atoms with Gasteiger partial charge in [-0.3, -0.25) is 4.79 Å². The van der Waals surface area contributed by atoms with E-state index in [-0.39, 0.29) is 29.9 Å². The Hall–Kier alpha value is -4.44. The Morgan fingerprint density at radius 2 is 1.76 bits per heavy atom. The zero-order valence-electron chi connectivity index (χ0n) is 20.5. The highest BCUT2D eigenvalue weighted by atomic mass is 19.4. The van der Waals surface area contributed by atoms with Crippen molar-refractivity contribution in [1.82, 2.24) is 14.8 Å². The van der Waals surface area contributed by atoms with E-state index in [1.54, 1.807) is 30.3 Å². The lowest BCUT2D eigenvalue weighted by molar-refractivity contribution is -0.137. The monoisotopic (exact) mass is 522 g/mol. The second-order valence-electron chi connectivity index (χ2n) is 8.03. The number of carbonyl (C=O) groups excluding carboxylic acids is 1. The fourth-order valence-corrected chi connectivity index (χ4v) is 3.50. The number of anilines is 1. The van der Waals surface area contributed by atoms with Crippen LogP contribution in [0.3, 0.4) is 0 Å². The van der Waals surface area contributed by atoms with Crippen molar-refractivity contribution >= 4 is 17.7 Å². The lowest BCUT2D eigenvalue weighted by Crippen LogP contribution is -2.08. The van der Waals surface area contributed by atoms with Gasteiger partial charge in [-0.15, -0.1) is 5.10 Å². The second kappa shape index (κ2) is 12.2. The Kier molecular flexibility index (Phi) is 8.55. The van der Waals surface area contributed by atoms with Crippen molar-refractivity contribution in [3.63, 3.8) is 0 Å². The van der Waals surface area contributed by atoms with Gasteiger partial charge in [0.05, 0.1) is 17.9 Å². The highest BCUT2D eigenvalue weighted by molar-refractivity contribution is 6.01. The van der Waals surface area contributed by atoms with Gasteiger partial charge in [0.25, 0.3) is 0 Å². The molecule has 0 saturated carbocycles. The van der Waals surface area contributed by atoms with Crippen molar-refractivity contribution in [3.8, 4) is 23.1 Å². The Labute approximate surface area is 217 Å². The van der Waals surface area contributed by atoms with Crippen LogP contribution >= 0.6 is 0 Å². The molecule has 0 radical (unpaired) electrons. The van der Waals surface area contributed by atoms with Crippen LogP contribution < -0.4 is 10.1 Å². The van der Waals surface area contributed by atoms with Gasteiger partial charge in [-0.1, -0.05) is 42.5 Å². The standard InChI is InChI=1S/C28H25F3N4O3/c1-2-37-17-18-38-27-33-26(21-9-6-10-22(19-21)28(29,30)31)35(34-27)24-14-12-23(13-15-24)32-25(36)16-11-20-7-4-3-5-8-20/h3-16,19H,2,17-18H2,1H3,(H,32,36). The van der Waals surface area contributed by atoms with E-state index in [2.05, 4.69) is 15.4 Å². The zero-order valence-corrected chi connectivity index (χ0v) is 20.5. The van der Waals surface area contributed by atoms with Gasteiger partial charge in [0.1, 0.15) is 6.61 Å². The third kappa shape index (κ3) is 7.07. The largest absolute Gasteiger partial charge is 0.460 e. The molecule has 0 atom stereocenters. The number of benzene rings is 3. The van der Waals surface area contributed by atoms with E-state index < -0.39 is 11.7 Å². The molecule has 0 fully saturated rings. The van der Waals surface area contributed by atoms with E-state index in [4.69, 9.17) is 9.47 Å².